The van der Waals surface area contributed by atoms with Crippen LogP contribution in [0.3, 0.4) is 0 Å². The van der Waals surface area contributed by atoms with Gasteiger partial charge in [0.2, 0.25) is 5.89 Å². The third kappa shape index (κ3) is 3.47. The van der Waals surface area contributed by atoms with Gasteiger partial charge in [-0.15, -0.1) is 0 Å². The summed E-state index contributed by atoms with van der Waals surface area (Å²) in [6.45, 7) is 7.62. The number of ether oxygens (including phenoxy) is 3. The maximum absolute atomic E-state index is 5.83. The minimum absolute atomic E-state index is 0.0504. The molecule has 2 unspecified atom stereocenters. The maximum atomic E-state index is 5.83. The van der Waals surface area contributed by atoms with Crippen LogP contribution in [0.4, 0.5) is 0 Å². The Labute approximate surface area is 135 Å². The van der Waals surface area contributed by atoms with E-state index in [1.165, 1.54) is 0 Å². The standard InChI is InChI=1S/C17H22N2O4/c1-4-20-11(3)16-18-17(23-19-16)13-8-12-9-14(21-5-2)6-7-15(12)22-10-13/h6-7,9,11,13H,4-5,8,10H2,1-3H3. The van der Waals surface area contributed by atoms with Crippen LogP contribution in [-0.4, -0.2) is 30.0 Å². The molecule has 1 aromatic heterocycles. The van der Waals surface area contributed by atoms with Gasteiger partial charge < -0.3 is 18.7 Å². The van der Waals surface area contributed by atoms with Crippen LogP contribution in [0, 0.1) is 0 Å². The van der Waals surface area contributed by atoms with Crippen molar-refractivity contribution in [3.63, 3.8) is 0 Å². The van der Waals surface area contributed by atoms with E-state index in [9.17, 15) is 0 Å². The average molecular weight is 318 g/mol. The fourth-order valence-corrected chi connectivity index (χ4v) is 2.69. The summed E-state index contributed by atoms with van der Waals surface area (Å²) in [5.74, 6) is 2.97. The van der Waals surface area contributed by atoms with Crippen molar-refractivity contribution in [2.75, 3.05) is 19.8 Å². The van der Waals surface area contributed by atoms with Crippen molar-refractivity contribution in [1.29, 1.82) is 0 Å². The van der Waals surface area contributed by atoms with Crippen LogP contribution in [0.15, 0.2) is 22.7 Å². The normalized spacial score (nSPS) is 18.1. The largest absolute Gasteiger partial charge is 0.494 e. The molecule has 1 aliphatic rings. The first-order valence-electron chi connectivity index (χ1n) is 8.04. The summed E-state index contributed by atoms with van der Waals surface area (Å²) in [6.07, 6.45) is 0.625. The predicted octanol–water partition coefficient (Wildman–Crippen LogP) is 3.28. The third-order valence-corrected chi connectivity index (χ3v) is 3.84. The van der Waals surface area contributed by atoms with Crippen molar-refractivity contribution >= 4 is 0 Å². The number of fused-ring (bicyclic) bond motifs is 1. The second-order valence-electron chi connectivity index (χ2n) is 5.50. The molecular weight excluding hydrogens is 296 g/mol. The maximum Gasteiger partial charge on any atom is 0.233 e. The number of benzene rings is 1. The second kappa shape index (κ2) is 7.00. The lowest BCUT2D eigenvalue weighted by Gasteiger charge is -2.23. The highest BCUT2D eigenvalue weighted by Gasteiger charge is 2.27. The molecule has 2 aromatic rings. The molecule has 23 heavy (non-hydrogen) atoms. The van der Waals surface area contributed by atoms with E-state index in [1.807, 2.05) is 39.0 Å². The monoisotopic (exact) mass is 318 g/mol. The molecule has 1 aliphatic heterocycles. The highest BCUT2D eigenvalue weighted by atomic mass is 16.5. The minimum atomic E-state index is -0.168. The molecule has 0 aliphatic carbocycles. The molecule has 0 N–H and O–H groups in total. The number of hydrogen-bond acceptors (Lipinski definition) is 6. The van der Waals surface area contributed by atoms with Gasteiger partial charge in [0.15, 0.2) is 5.82 Å². The Hall–Kier alpha value is -2.08. The molecule has 0 fully saturated rings. The molecule has 3 rings (SSSR count). The zero-order valence-electron chi connectivity index (χ0n) is 13.7. The van der Waals surface area contributed by atoms with Gasteiger partial charge in [-0.2, -0.15) is 4.98 Å². The smallest absolute Gasteiger partial charge is 0.233 e. The molecular formula is C17H22N2O4. The zero-order chi connectivity index (χ0) is 16.2. The van der Waals surface area contributed by atoms with Gasteiger partial charge >= 0.3 is 0 Å². The van der Waals surface area contributed by atoms with Crippen LogP contribution < -0.4 is 9.47 Å². The van der Waals surface area contributed by atoms with Gasteiger partial charge in [-0.25, -0.2) is 0 Å². The average Bonchev–Trinajstić information content (AvgIpc) is 3.05. The van der Waals surface area contributed by atoms with Gasteiger partial charge in [-0.1, -0.05) is 5.16 Å². The Balaban J connectivity index is 1.75. The SMILES string of the molecule is CCOc1ccc2c(c1)CC(c1nc(C(C)OCC)no1)CO2. The molecule has 2 heterocycles. The van der Waals surface area contributed by atoms with E-state index >= 15 is 0 Å². The number of rotatable bonds is 6. The fourth-order valence-electron chi connectivity index (χ4n) is 2.69. The number of aromatic nitrogens is 2. The van der Waals surface area contributed by atoms with E-state index in [-0.39, 0.29) is 12.0 Å². The molecule has 1 aromatic carbocycles. The van der Waals surface area contributed by atoms with E-state index in [4.69, 9.17) is 18.7 Å². The summed E-state index contributed by atoms with van der Waals surface area (Å²) >= 11 is 0. The van der Waals surface area contributed by atoms with Crippen molar-refractivity contribution in [3.05, 3.63) is 35.5 Å². The second-order valence-corrected chi connectivity index (χ2v) is 5.50. The van der Waals surface area contributed by atoms with E-state index in [0.717, 1.165) is 23.5 Å². The minimum Gasteiger partial charge on any atom is -0.494 e. The van der Waals surface area contributed by atoms with E-state index in [2.05, 4.69) is 10.1 Å². The summed E-state index contributed by atoms with van der Waals surface area (Å²) in [6, 6.07) is 5.90. The highest BCUT2D eigenvalue weighted by Crippen LogP contribution is 2.34. The van der Waals surface area contributed by atoms with Crippen molar-refractivity contribution in [3.8, 4) is 11.5 Å². The first-order valence-corrected chi connectivity index (χ1v) is 8.04. The van der Waals surface area contributed by atoms with Crippen LogP contribution >= 0.6 is 0 Å². The Kier molecular flexibility index (Phi) is 4.81. The lowest BCUT2D eigenvalue weighted by atomic mass is 9.96. The first kappa shape index (κ1) is 15.8. The summed E-state index contributed by atoms with van der Waals surface area (Å²) in [4.78, 5) is 4.47. The van der Waals surface area contributed by atoms with Crippen LogP contribution in [-0.2, 0) is 11.2 Å². The summed E-state index contributed by atoms with van der Waals surface area (Å²) in [5, 5.41) is 4.02. The number of nitrogens with zero attached hydrogens (tertiary/aromatic N) is 2. The molecule has 0 amide bonds. The quantitative estimate of drug-likeness (QED) is 0.814. The molecule has 0 radical (unpaired) electrons. The Morgan fingerprint density at radius 1 is 1.30 bits per heavy atom. The molecule has 6 nitrogen and oxygen atoms in total. The van der Waals surface area contributed by atoms with Crippen LogP contribution in [0.1, 0.15) is 50.1 Å². The Bertz CT molecular complexity index is 656. The van der Waals surface area contributed by atoms with E-state index in [1.54, 1.807) is 0 Å². The van der Waals surface area contributed by atoms with Crippen LogP contribution in [0.5, 0.6) is 11.5 Å². The van der Waals surface area contributed by atoms with Crippen molar-refractivity contribution in [2.24, 2.45) is 0 Å². The van der Waals surface area contributed by atoms with E-state index in [0.29, 0.717) is 31.5 Å². The zero-order valence-corrected chi connectivity index (χ0v) is 13.7. The summed E-state index contributed by atoms with van der Waals surface area (Å²) in [7, 11) is 0. The van der Waals surface area contributed by atoms with Crippen molar-refractivity contribution < 1.29 is 18.7 Å². The third-order valence-electron chi connectivity index (χ3n) is 3.84. The van der Waals surface area contributed by atoms with Crippen LogP contribution in [0.25, 0.3) is 0 Å². The first-order chi connectivity index (χ1) is 11.2. The van der Waals surface area contributed by atoms with Crippen LogP contribution in [0.2, 0.25) is 0 Å². The molecule has 0 spiro atoms. The van der Waals surface area contributed by atoms with Gasteiger partial charge in [-0.05, 0) is 51.0 Å². The van der Waals surface area contributed by atoms with Gasteiger partial charge in [0, 0.05) is 6.61 Å². The van der Waals surface area contributed by atoms with Crippen molar-refractivity contribution in [2.45, 2.75) is 39.2 Å². The van der Waals surface area contributed by atoms with E-state index < -0.39 is 0 Å². The van der Waals surface area contributed by atoms with Gasteiger partial charge in [0.25, 0.3) is 0 Å². The topological polar surface area (TPSA) is 66.6 Å². The summed E-state index contributed by atoms with van der Waals surface area (Å²) < 4.78 is 22.3. The fraction of sp³-hybridized carbons (Fsp3) is 0.529. The number of hydrogen-bond donors (Lipinski definition) is 0. The summed E-state index contributed by atoms with van der Waals surface area (Å²) in [5.41, 5.74) is 1.10. The van der Waals surface area contributed by atoms with Gasteiger partial charge in [-0.3, -0.25) is 0 Å². The molecule has 0 bridgehead atoms. The Morgan fingerprint density at radius 3 is 2.96 bits per heavy atom. The lowest BCUT2D eigenvalue weighted by molar-refractivity contribution is 0.0683. The Morgan fingerprint density at radius 2 is 2.17 bits per heavy atom. The van der Waals surface area contributed by atoms with Gasteiger partial charge in [0.05, 0.1) is 12.5 Å². The molecule has 0 saturated heterocycles. The van der Waals surface area contributed by atoms with Gasteiger partial charge in [0.1, 0.15) is 24.2 Å². The lowest BCUT2D eigenvalue weighted by Crippen LogP contribution is -2.19. The molecule has 124 valence electrons. The van der Waals surface area contributed by atoms with Crippen molar-refractivity contribution in [1.82, 2.24) is 10.1 Å². The molecule has 2 atom stereocenters. The molecule has 6 heteroatoms. The highest BCUT2D eigenvalue weighted by molar-refractivity contribution is 5.42. The predicted molar refractivity (Wildman–Crippen MR) is 83.9 cm³/mol. The molecule has 0 saturated carbocycles.